The van der Waals surface area contributed by atoms with E-state index in [1.165, 1.54) is 0 Å². The summed E-state index contributed by atoms with van der Waals surface area (Å²) in [6, 6.07) is 0. The largest absolute Gasteiger partial charge is 0.481 e. The van der Waals surface area contributed by atoms with Gasteiger partial charge < -0.3 is 15.2 Å². The second kappa shape index (κ2) is 6.36. The molecule has 19 heavy (non-hydrogen) atoms. The van der Waals surface area contributed by atoms with Crippen LogP contribution < -0.4 is 10.1 Å². The van der Waals surface area contributed by atoms with Crippen molar-refractivity contribution in [2.24, 2.45) is 11.8 Å². The Morgan fingerprint density at radius 3 is 2.79 bits per heavy atom. The Bertz CT molecular complexity index is 431. The predicted octanol–water partition coefficient (Wildman–Crippen LogP) is 1.79. The first-order valence-electron chi connectivity index (χ1n) is 6.51. The maximum atomic E-state index is 10.9. The average Bonchev–Trinajstić information content (AvgIpc) is 2.46. The number of nitrogens with zero attached hydrogens (tertiary/aromatic N) is 2. The number of carboxylic acids is 1. The van der Waals surface area contributed by atoms with Crippen molar-refractivity contribution in [1.29, 1.82) is 0 Å². The number of nitrogens with one attached hydrogen (secondary N) is 1. The molecular formula is C13H19N3O3. The Labute approximate surface area is 112 Å². The first-order valence-corrected chi connectivity index (χ1v) is 6.51. The number of hydrogen-bond acceptors (Lipinski definition) is 5. The van der Waals surface area contributed by atoms with Gasteiger partial charge in [-0.25, -0.2) is 0 Å². The summed E-state index contributed by atoms with van der Waals surface area (Å²) >= 11 is 0. The second-order valence-corrected chi connectivity index (χ2v) is 4.88. The lowest BCUT2D eigenvalue weighted by Crippen LogP contribution is -2.25. The van der Waals surface area contributed by atoms with Crippen molar-refractivity contribution in [3.63, 3.8) is 0 Å². The molecular weight excluding hydrogens is 246 g/mol. The number of carbonyl (C=O) groups is 1. The van der Waals surface area contributed by atoms with Crippen molar-refractivity contribution in [1.82, 2.24) is 9.97 Å². The van der Waals surface area contributed by atoms with Gasteiger partial charge in [0.25, 0.3) is 0 Å². The Balaban J connectivity index is 1.78. The molecule has 1 aromatic rings. The number of ether oxygens (including phenoxy) is 1. The molecule has 1 fully saturated rings. The molecule has 1 aliphatic rings. The number of methoxy groups -OCH3 is 1. The first kappa shape index (κ1) is 13.6. The molecule has 0 saturated heterocycles. The van der Waals surface area contributed by atoms with Crippen molar-refractivity contribution in [3.05, 3.63) is 12.4 Å². The third-order valence-corrected chi connectivity index (χ3v) is 3.59. The molecule has 1 heterocycles. The summed E-state index contributed by atoms with van der Waals surface area (Å²) in [5, 5.41) is 12.2. The zero-order valence-corrected chi connectivity index (χ0v) is 11.0. The molecule has 1 aromatic heterocycles. The number of hydrogen-bond donors (Lipinski definition) is 2. The monoisotopic (exact) mass is 265 g/mol. The van der Waals surface area contributed by atoms with E-state index in [-0.39, 0.29) is 5.92 Å². The predicted molar refractivity (Wildman–Crippen MR) is 70.2 cm³/mol. The fourth-order valence-corrected chi connectivity index (χ4v) is 2.39. The van der Waals surface area contributed by atoms with Gasteiger partial charge in [0, 0.05) is 6.54 Å². The van der Waals surface area contributed by atoms with Gasteiger partial charge in [-0.05, 0) is 31.6 Å². The second-order valence-electron chi connectivity index (χ2n) is 4.88. The SMILES string of the molecule is COc1cncc(NCC2CCC(C(=O)O)CC2)n1. The summed E-state index contributed by atoms with van der Waals surface area (Å²) in [5.41, 5.74) is 0. The van der Waals surface area contributed by atoms with E-state index >= 15 is 0 Å². The number of aliphatic carboxylic acids is 1. The van der Waals surface area contributed by atoms with Crippen LogP contribution in [-0.2, 0) is 4.79 Å². The normalized spacial score (nSPS) is 22.8. The molecule has 0 amide bonds. The van der Waals surface area contributed by atoms with Gasteiger partial charge in [0.1, 0.15) is 5.82 Å². The zero-order valence-electron chi connectivity index (χ0n) is 11.0. The van der Waals surface area contributed by atoms with Crippen LogP contribution in [0.1, 0.15) is 25.7 Å². The Kier molecular flexibility index (Phi) is 4.54. The minimum absolute atomic E-state index is 0.159. The van der Waals surface area contributed by atoms with Crippen LogP contribution in [0.4, 0.5) is 5.82 Å². The topological polar surface area (TPSA) is 84.3 Å². The smallest absolute Gasteiger partial charge is 0.306 e. The van der Waals surface area contributed by atoms with Crippen molar-refractivity contribution in [3.8, 4) is 5.88 Å². The lowest BCUT2D eigenvalue weighted by Gasteiger charge is -2.26. The lowest BCUT2D eigenvalue weighted by molar-refractivity contribution is -0.143. The molecule has 2 N–H and O–H groups in total. The molecule has 0 aliphatic heterocycles. The maximum absolute atomic E-state index is 10.9. The van der Waals surface area contributed by atoms with E-state index in [9.17, 15) is 4.79 Å². The fourth-order valence-electron chi connectivity index (χ4n) is 2.39. The molecule has 1 aliphatic carbocycles. The highest BCUT2D eigenvalue weighted by molar-refractivity contribution is 5.69. The standard InChI is InChI=1S/C13H19N3O3/c1-19-12-8-14-7-11(16-12)15-6-9-2-4-10(5-3-9)13(17)18/h7-10H,2-6H2,1H3,(H,15,16)(H,17,18). The summed E-state index contributed by atoms with van der Waals surface area (Å²) < 4.78 is 5.01. The van der Waals surface area contributed by atoms with Gasteiger partial charge in [0.2, 0.25) is 5.88 Å². The summed E-state index contributed by atoms with van der Waals surface area (Å²) in [6.07, 6.45) is 6.65. The van der Waals surface area contributed by atoms with Gasteiger partial charge in [-0.1, -0.05) is 0 Å². The van der Waals surface area contributed by atoms with Gasteiger partial charge >= 0.3 is 5.97 Å². The minimum Gasteiger partial charge on any atom is -0.481 e. The Morgan fingerprint density at radius 2 is 2.16 bits per heavy atom. The van der Waals surface area contributed by atoms with Gasteiger partial charge in [-0.3, -0.25) is 9.78 Å². The van der Waals surface area contributed by atoms with Crippen LogP contribution in [0.3, 0.4) is 0 Å². The van der Waals surface area contributed by atoms with E-state index in [1.54, 1.807) is 19.5 Å². The third-order valence-electron chi connectivity index (χ3n) is 3.59. The van der Waals surface area contributed by atoms with Crippen LogP contribution in [0, 0.1) is 11.8 Å². The Morgan fingerprint density at radius 1 is 1.42 bits per heavy atom. The van der Waals surface area contributed by atoms with Gasteiger partial charge in [0.05, 0.1) is 25.4 Å². The molecule has 1 saturated carbocycles. The quantitative estimate of drug-likeness (QED) is 0.844. The molecule has 6 nitrogen and oxygen atoms in total. The summed E-state index contributed by atoms with van der Waals surface area (Å²) in [7, 11) is 1.56. The van der Waals surface area contributed by atoms with Crippen molar-refractivity contribution in [2.45, 2.75) is 25.7 Å². The van der Waals surface area contributed by atoms with Crippen LogP contribution in [0.2, 0.25) is 0 Å². The lowest BCUT2D eigenvalue weighted by atomic mass is 9.82. The van der Waals surface area contributed by atoms with Crippen molar-refractivity contribution >= 4 is 11.8 Å². The molecule has 0 atom stereocenters. The molecule has 0 unspecified atom stereocenters. The highest BCUT2D eigenvalue weighted by atomic mass is 16.5. The third kappa shape index (κ3) is 3.81. The van der Waals surface area contributed by atoms with Gasteiger partial charge in [0.15, 0.2) is 0 Å². The summed E-state index contributed by atoms with van der Waals surface area (Å²) in [4.78, 5) is 19.1. The molecule has 0 radical (unpaired) electrons. The molecule has 0 aromatic carbocycles. The van der Waals surface area contributed by atoms with E-state index in [0.717, 1.165) is 32.2 Å². The van der Waals surface area contributed by atoms with Crippen molar-refractivity contribution < 1.29 is 14.6 Å². The van der Waals surface area contributed by atoms with E-state index in [4.69, 9.17) is 9.84 Å². The number of carboxylic acid groups (broad SMARTS) is 1. The van der Waals surface area contributed by atoms with Crippen LogP contribution in [-0.4, -0.2) is 34.7 Å². The summed E-state index contributed by atoms with van der Waals surface area (Å²) in [6.45, 7) is 0.800. The Hall–Kier alpha value is -1.85. The van der Waals surface area contributed by atoms with Gasteiger partial charge in [-0.15, -0.1) is 0 Å². The fraction of sp³-hybridized carbons (Fsp3) is 0.615. The van der Waals surface area contributed by atoms with Crippen LogP contribution >= 0.6 is 0 Å². The minimum atomic E-state index is -0.662. The molecule has 6 heteroatoms. The number of rotatable bonds is 5. The molecule has 104 valence electrons. The zero-order chi connectivity index (χ0) is 13.7. The van der Waals surface area contributed by atoms with E-state index in [2.05, 4.69) is 15.3 Å². The maximum Gasteiger partial charge on any atom is 0.306 e. The summed E-state index contributed by atoms with van der Waals surface area (Å²) in [5.74, 6) is 0.862. The van der Waals surface area contributed by atoms with Gasteiger partial charge in [-0.2, -0.15) is 4.98 Å². The number of aromatic nitrogens is 2. The van der Waals surface area contributed by atoms with E-state index in [0.29, 0.717) is 17.6 Å². The average molecular weight is 265 g/mol. The first-order chi connectivity index (χ1) is 9.19. The number of anilines is 1. The van der Waals surface area contributed by atoms with Crippen LogP contribution in [0.5, 0.6) is 5.88 Å². The van der Waals surface area contributed by atoms with Crippen LogP contribution in [0.15, 0.2) is 12.4 Å². The van der Waals surface area contributed by atoms with Crippen LogP contribution in [0.25, 0.3) is 0 Å². The molecule has 0 spiro atoms. The molecule has 0 bridgehead atoms. The van der Waals surface area contributed by atoms with Crippen molar-refractivity contribution in [2.75, 3.05) is 19.0 Å². The highest BCUT2D eigenvalue weighted by Crippen LogP contribution is 2.29. The highest BCUT2D eigenvalue weighted by Gasteiger charge is 2.25. The van der Waals surface area contributed by atoms with E-state index in [1.807, 2.05) is 0 Å². The van der Waals surface area contributed by atoms with E-state index < -0.39 is 5.97 Å². The molecule has 2 rings (SSSR count).